The third-order valence-corrected chi connectivity index (χ3v) is 4.07. The van der Waals surface area contributed by atoms with Gasteiger partial charge in [-0.2, -0.15) is 0 Å². The molecule has 1 heterocycles. The molecule has 1 N–H and O–H groups in total. The molecule has 0 bridgehead atoms. The van der Waals surface area contributed by atoms with Crippen LogP contribution in [0.15, 0.2) is 24.3 Å². The van der Waals surface area contributed by atoms with E-state index in [0.717, 1.165) is 19.6 Å². The van der Waals surface area contributed by atoms with E-state index in [1.54, 1.807) is 0 Å². The molecule has 0 saturated carbocycles. The largest absolute Gasteiger partial charge is 0.370 e. The number of rotatable bonds is 5. The summed E-state index contributed by atoms with van der Waals surface area (Å²) in [7, 11) is 0. The van der Waals surface area contributed by atoms with Crippen LogP contribution in [0.1, 0.15) is 45.6 Å². The second-order valence-electron chi connectivity index (χ2n) is 7.13. The molecule has 0 aromatic heterocycles. The first kappa shape index (κ1) is 15.4. The van der Waals surface area contributed by atoms with E-state index < -0.39 is 0 Å². The fourth-order valence-electron chi connectivity index (χ4n) is 2.80. The Labute approximate surface area is 124 Å². The lowest BCUT2D eigenvalue weighted by Gasteiger charge is -2.25. The van der Waals surface area contributed by atoms with Crippen molar-refractivity contribution in [2.75, 3.05) is 31.1 Å². The molecular formula is C18H30N2. The van der Waals surface area contributed by atoms with Crippen molar-refractivity contribution in [1.29, 1.82) is 0 Å². The molecule has 0 saturated heterocycles. The van der Waals surface area contributed by atoms with Crippen LogP contribution in [0.3, 0.4) is 0 Å². The lowest BCUT2D eigenvalue weighted by atomic mass is 9.92. The van der Waals surface area contributed by atoms with Gasteiger partial charge in [0.15, 0.2) is 0 Å². The molecule has 2 rings (SSSR count). The van der Waals surface area contributed by atoms with Gasteiger partial charge >= 0.3 is 0 Å². The van der Waals surface area contributed by atoms with Crippen LogP contribution in [0.5, 0.6) is 0 Å². The summed E-state index contributed by atoms with van der Waals surface area (Å²) in [5.74, 6) is 0. The molecule has 1 aromatic rings. The van der Waals surface area contributed by atoms with Gasteiger partial charge in [-0.1, -0.05) is 39.0 Å². The van der Waals surface area contributed by atoms with E-state index in [1.807, 2.05) is 0 Å². The van der Waals surface area contributed by atoms with Gasteiger partial charge < -0.3 is 10.2 Å². The number of benzene rings is 1. The molecule has 0 aliphatic carbocycles. The highest BCUT2D eigenvalue weighted by atomic mass is 15.1. The predicted octanol–water partition coefficient (Wildman–Crippen LogP) is 3.86. The van der Waals surface area contributed by atoms with Crippen molar-refractivity contribution in [1.82, 2.24) is 5.32 Å². The molecule has 0 radical (unpaired) electrons. The Morgan fingerprint density at radius 3 is 2.70 bits per heavy atom. The van der Waals surface area contributed by atoms with Crippen LogP contribution in [0, 0.1) is 5.41 Å². The fraction of sp³-hybridized carbons (Fsp3) is 0.667. The zero-order valence-corrected chi connectivity index (χ0v) is 13.4. The van der Waals surface area contributed by atoms with E-state index >= 15 is 0 Å². The van der Waals surface area contributed by atoms with E-state index in [2.05, 4.69) is 55.3 Å². The second-order valence-corrected chi connectivity index (χ2v) is 7.13. The van der Waals surface area contributed by atoms with Gasteiger partial charge in [-0.05, 0) is 49.3 Å². The maximum absolute atomic E-state index is 3.60. The number of para-hydroxylation sites is 1. The highest BCUT2D eigenvalue weighted by molar-refractivity contribution is 5.54. The monoisotopic (exact) mass is 274 g/mol. The van der Waals surface area contributed by atoms with Crippen molar-refractivity contribution in [2.45, 2.75) is 46.5 Å². The van der Waals surface area contributed by atoms with Gasteiger partial charge in [-0.15, -0.1) is 0 Å². The average molecular weight is 274 g/mol. The molecule has 0 amide bonds. The first-order valence-electron chi connectivity index (χ1n) is 8.10. The topological polar surface area (TPSA) is 15.3 Å². The lowest BCUT2D eigenvalue weighted by Crippen LogP contribution is -2.33. The van der Waals surface area contributed by atoms with Crippen molar-refractivity contribution in [2.24, 2.45) is 5.41 Å². The van der Waals surface area contributed by atoms with Crippen LogP contribution in [0.25, 0.3) is 0 Å². The van der Waals surface area contributed by atoms with Crippen LogP contribution >= 0.6 is 0 Å². The Hall–Kier alpha value is -1.02. The first-order chi connectivity index (χ1) is 9.56. The minimum absolute atomic E-state index is 0.433. The summed E-state index contributed by atoms with van der Waals surface area (Å²) in [5.41, 5.74) is 3.42. The quantitative estimate of drug-likeness (QED) is 0.820. The molecule has 2 nitrogen and oxygen atoms in total. The molecule has 1 aromatic carbocycles. The number of hydrogen-bond donors (Lipinski definition) is 1. The van der Waals surface area contributed by atoms with Gasteiger partial charge in [0.05, 0.1) is 0 Å². The summed E-state index contributed by atoms with van der Waals surface area (Å²) in [5, 5.41) is 3.60. The van der Waals surface area contributed by atoms with Crippen LogP contribution in [0.4, 0.5) is 5.69 Å². The van der Waals surface area contributed by atoms with Gasteiger partial charge in [-0.3, -0.25) is 0 Å². The Balaban J connectivity index is 1.81. The van der Waals surface area contributed by atoms with E-state index in [0.29, 0.717) is 5.41 Å². The smallest absolute Gasteiger partial charge is 0.0399 e. The molecule has 2 heteroatoms. The third kappa shape index (κ3) is 4.82. The number of fused-ring (bicyclic) bond motifs is 1. The molecule has 0 fully saturated rings. The summed E-state index contributed by atoms with van der Waals surface area (Å²) in [6, 6.07) is 8.92. The van der Waals surface area contributed by atoms with Crippen LogP contribution in [0.2, 0.25) is 0 Å². The predicted molar refractivity (Wildman–Crippen MR) is 88.5 cm³/mol. The molecule has 0 spiro atoms. The zero-order valence-electron chi connectivity index (χ0n) is 13.4. The van der Waals surface area contributed by atoms with Gasteiger partial charge in [-0.25, -0.2) is 0 Å². The molecule has 0 unspecified atom stereocenters. The normalized spacial score (nSPS) is 15.8. The van der Waals surface area contributed by atoms with Crippen LogP contribution < -0.4 is 10.2 Å². The fourth-order valence-corrected chi connectivity index (χ4v) is 2.80. The maximum Gasteiger partial charge on any atom is 0.0399 e. The standard InChI is InChI=1S/C18H30N2/c1-18(2,3)11-12-19-13-15-20-14-7-6-9-16-8-4-5-10-17(16)20/h4-5,8,10,19H,6-7,9,11-15H2,1-3H3. The van der Waals surface area contributed by atoms with Gasteiger partial charge in [0.1, 0.15) is 0 Å². The Morgan fingerprint density at radius 1 is 1.10 bits per heavy atom. The minimum Gasteiger partial charge on any atom is -0.370 e. The summed E-state index contributed by atoms with van der Waals surface area (Å²) in [6.07, 6.45) is 5.12. The van der Waals surface area contributed by atoms with Gasteiger partial charge in [0.25, 0.3) is 0 Å². The number of nitrogens with one attached hydrogen (secondary N) is 1. The molecule has 1 aliphatic rings. The van der Waals surface area contributed by atoms with E-state index in [4.69, 9.17) is 0 Å². The summed E-state index contributed by atoms with van der Waals surface area (Å²) in [4.78, 5) is 2.56. The first-order valence-corrected chi connectivity index (χ1v) is 8.10. The van der Waals surface area contributed by atoms with Gasteiger partial charge in [0.2, 0.25) is 0 Å². The number of anilines is 1. The highest BCUT2D eigenvalue weighted by Gasteiger charge is 2.14. The number of nitrogens with zero attached hydrogens (tertiary/aromatic N) is 1. The summed E-state index contributed by atoms with van der Waals surface area (Å²) < 4.78 is 0. The van der Waals surface area contributed by atoms with Crippen molar-refractivity contribution >= 4 is 5.69 Å². The van der Waals surface area contributed by atoms with Crippen molar-refractivity contribution in [3.63, 3.8) is 0 Å². The minimum atomic E-state index is 0.433. The summed E-state index contributed by atoms with van der Waals surface area (Å²) >= 11 is 0. The molecule has 20 heavy (non-hydrogen) atoms. The average Bonchev–Trinajstić information content (AvgIpc) is 2.60. The van der Waals surface area contributed by atoms with Crippen molar-refractivity contribution in [3.8, 4) is 0 Å². The van der Waals surface area contributed by atoms with E-state index in [-0.39, 0.29) is 0 Å². The number of hydrogen-bond acceptors (Lipinski definition) is 2. The van der Waals surface area contributed by atoms with Crippen LogP contribution in [-0.4, -0.2) is 26.2 Å². The van der Waals surface area contributed by atoms with E-state index in [1.165, 1.54) is 43.5 Å². The zero-order chi connectivity index (χ0) is 14.4. The summed E-state index contributed by atoms with van der Waals surface area (Å²) in [6.45, 7) is 11.5. The lowest BCUT2D eigenvalue weighted by molar-refractivity contribution is 0.368. The van der Waals surface area contributed by atoms with Crippen LogP contribution in [-0.2, 0) is 6.42 Å². The highest BCUT2D eigenvalue weighted by Crippen LogP contribution is 2.25. The van der Waals surface area contributed by atoms with Crippen molar-refractivity contribution < 1.29 is 0 Å². The molecule has 112 valence electrons. The SMILES string of the molecule is CC(C)(C)CCNCCN1CCCCc2ccccc21. The Morgan fingerprint density at radius 2 is 1.90 bits per heavy atom. The molecular weight excluding hydrogens is 244 g/mol. The second kappa shape index (κ2) is 7.12. The van der Waals surface area contributed by atoms with Gasteiger partial charge in [0, 0.05) is 25.3 Å². The number of aryl methyl sites for hydroxylation is 1. The van der Waals surface area contributed by atoms with E-state index in [9.17, 15) is 0 Å². The van der Waals surface area contributed by atoms with Crippen molar-refractivity contribution in [3.05, 3.63) is 29.8 Å². The Bertz CT molecular complexity index is 406. The molecule has 1 aliphatic heterocycles. The Kier molecular flexibility index (Phi) is 5.47. The molecule has 0 atom stereocenters. The third-order valence-electron chi connectivity index (χ3n) is 4.07. The maximum atomic E-state index is 3.60.